The molecule has 122 valence electrons. The number of nitrogens with zero attached hydrogens (tertiary/aromatic N) is 2. The van der Waals surface area contributed by atoms with E-state index in [1.54, 1.807) is 24.2 Å². The Morgan fingerprint density at radius 3 is 3.08 bits per heavy atom. The molecule has 1 atom stereocenters. The van der Waals surface area contributed by atoms with Crippen molar-refractivity contribution in [2.24, 2.45) is 4.99 Å². The molecule has 0 spiro atoms. The van der Waals surface area contributed by atoms with E-state index in [0.29, 0.717) is 12.3 Å². The number of pyridine rings is 1. The normalized spacial score (nSPS) is 18.3. The number of carbonyl (C=O) groups is 1. The Labute approximate surface area is 143 Å². The maximum atomic E-state index is 12.3. The third kappa shape index (κ3) is 3.07. The zero-order chi connectivity index (χ0) is 16.4. The summed E-state index contributed by atoms with van der Waals surface area (Å²) >= 11 is 1.58. The third-order valence-electron chi connectivity index (χ3n) is 3.77. The average Bonchev–Trinajstić information content (AvgIpc) is 3.29. The van der Waals surface area contributed by atoms with E-state index in [0.717, 1.165) is 27.7 Å². The molecule has 0 aliphatic carbocycles. The van der Waals surface area contributed by atoms with Crippen LogP contribution in [0.15, 0.2) is 47.7 Å². The number of benzene rings is 1. The van der Waals surface area contributed by atoms with E-state index < -0.39 is 0 Å². The summed E-state index contributed by atoms with van der Waals surface area (Å²) in [5.41, 5.74) is 1.92. The van der Waals surface area contributed by atoms with E-state index in [4.69, 9.17) is 9.47 Å². The summed E-state index contributed by atoms with van der Waals surface area (Å²) in [7, 11) is 0. The monoisotopic (exact) mass is 341 g/mol. The maximum Gasteiger partial charge on any atom is 0.245 e. The lowest BCUT2D eigenvalue weighted by Crippen LogP contribution is -2.33. The Kier molecular flexibility index (Phi) is 4.08. The lowest BCUT2D eigenvalue weighted by molar-refractivity contribution is -0.121. The molecule has 0 bridgehead atoms. The number of hydrogen-bond acceptors (Lipinski definition) is 6. The highest BCUT2D eigenvalue weighted by atomic mass is 32.2. The first-order valence-corrected chi connectivity index (χ1v) is 8.55. The number of nitrogens with one attached hydrogen (secondary N) is 1. The number of amides is 1. The Morgan fingerprint density at radius 1 is 1.29 bits per heavy atom. The SMILES string of the molecule is O=C(NCc1ccc2c(c1)OCO2)C1CSC(c2cccnc2)=N1. The van der Waals surface area contributed by atoms with Crippen LogP contribution in [0.4, 0.5) is 0 Å². The lowest BCUT2D eigenvalue weighted by atomic mass is 10.2. The molecule has 4 rings (SSSR count). The van der Waals surface area contributed by atoms with E-state index in [1.807, 2.05) is 30.3 Å². The van der Waals surface area contributed by atoms with Crippen LogP contribution in [-0.4, -0.2) is 34.5 Å². The molecule has 1 aromatic heterocycles. The molecule has 1 unspecified atom stereocenters. The summed E-state index contributed by atoms with van der Waals surface area (Å²) in [5.74, 6) is 2.04. The van der Waals surface area contributed by atoms with Crippen LogP contribution in [0.25, 0.3) is 0 Å². The van der Waals surface area contributed by atoms with Gasteiger partial charge in [0.2, 0.25) is 12.7 Å². The average molecular weight is 341 g/mol. The zero-order valence-corrected chi connectivity index (χ0v) is 13.6. The molecular weight excluding hydrogens is 326 g/mol. The van der Waals surface area contributed by atoms with Crippen LogP contribution < -0.4 is 14.8 Å². The minimum absolute atomic E-state index is 0.0703. The highest BCUT2D eigenvalue weighted by Crippen LogP contribution is 2.32. The van der Waals surface area contributed by atoms with Crippen molar-refractivity contribution in [3.8, 4) is 11.5 Å². The molecule has 0 saturated heterocycles. The first kappa shape index (κ1) is 15.0. The molecular formula is C17H15N3O3S. The number of aromatic nitrogens is 1. The fraction of sp³-hybridized carbons (Fsp3) is 0.235. The Hall–Kier alpha value is -2.54. The van der Waals surface area contributed by atoms with Gasteiger partial charge in [-0.15, -0.1) is 11.8 Å². The molecule has 0 fully saturated rings. The molecule has 24 heavy (non-hydrogen) atoms. The molecule has 6 nitrogen and oxygen atoms in total. The summed E-state index contributed by atoms with van der Waals surface area (Å²) in [4.78, 5) is 20.9. The standard InChI is InChI=1S/C17H15N3O3S/c21-16(13-9-24-17(20-13)12-2-1-5-18-8-12)19-7-11-3-4-14-15(6-11)23-10-22-14/h1-6,8,13H,7,9-10H2,(H,19,21). The van der Waals surface area contributed by atoms with Gasteiger partial charge in [-0.05, 0) is 29.8 Å². The number of fused-ring (bicyclic) bond motifs is 1. The highest BCUT2D eigenvalue weighted by molar-refractivity contribution is 8.14. The van der Waals surface area contributed by atoms with Crippen molar-refractivity contribution in [2.75, 3.05) is 12.5 Å². The van der Waals surface area contributed by atoms with Crippen LogP contribution >= 0.6 is 11.8 Å². The highest BCUT2D eigenvalue weighted by Gasteiger charge is 2.25. The van der Waals surface area contributed by atoms with Crippen LogP contribution in [0, 0.1) is 0 Å². The summed E-state index contributed by atoms with van der Waals surface area (Å²) < 4.78 is 10.6. The molecule has 1 aromatic carbocycles. The molecule has 7 heteroatoms. The van der Waals surface area contributed by atoms with Crippen molar-refractivity contribution in [1.82, 2.24) is 10.3 Å². The van der Waals surface area contributed by atoms with Gasteiger partial charge in [0.05, 0.1) is 0 Å². The van der Waals surface area contributed by atoms with Gasteiger partial charge in [0.1, 0.15) is 11.1 Å². The molecule has 3 heterocycles. The predicted molar refractivity (Wildman–Crippen MR) is 91.4 cm³/mol. The van der Waals surface area contributed by atoms with E-state index in [2.05, 4.69) is 15.3 Å². The number of thioether (sulfide) groups is 1. The van der Waals surface area contributed by atoms with Gasteiger partial charge in [-0.1, -0.05) is 6.07 Å². The summed E-state index contributed by atoms with van der Waals surface area (Å²) in [5, 5.41) is 3.80. The van der Waals surface area contributed by atoms with Gasteiger partial charge in [0.25, 0.3) is 0 Å². The largest absolute Gasteiger partial charge is 0.454 e. The molecule has 2 aliphatic rings. The van der Waals surface area contributed by atoms with Crippen molar-refractivity contribution in [3.63, 3.8) is 0 Å². The number of hydrogen-bond donors (Lipinski definition) is 1. The third-order valence-corrected chi connectivity index (χ3v) is 4.86. The first-order chi connectivity index (χ1) is 11.8. The summed E-state index contributed by atoms with van der Waals surface area (Å²) in [6.07, 6.45) is 3.48. The van der Waals surface area contributed by atoms with Crippen LogP contribution in [-0.2, 0) is 11.3 Å². The number of aliphatic imine (C=N–C) groups is 1. The van der Waals surface area contributed by atoms with Gasteiger partial charge < -0.3 is 14.8 Å². The Bertz CT molecular complexity index is 795. The Balaban J connectivity index is 1.38. The Morgan fingerprint density at radius 2 is 2.21 bits per heavy atom. The van der Waals surface area contributed by atoms with E-state index in [9.17, 15) is 4.79 Å². The van der Waals surface area contributed by atoms with Crippen molar-refractivity contribution in [2.45, 2.75) is 12.6 Å². The molecule has 0 radical (unpaired) electrons. The number of carbonyl (C=O) groups excluding carboxylic acids is 1. The summed E-state index contributed by atoms with van der Waals surface area (Å²) in [6.45, 7) is 0.685. The van der Waals surface area contributed by atoms with E-state index in [1.165, 1.54) is 0 Å². The van der Waals surface area contributed by atoms with Crippen LogP contribution in [0.5, 0.6) is 11.5 Å². The lowest BCUT2D eigenvalue weighted by Gasteiger charge is -2.08. The van der Waals surface area contributed by atoms with Gasteiger partial charge in [0.15, 0.2) is 11.5 Å². The molecule has 1 amide bonds. The van der Waals surface area contributed by atoms with Crippen molar-refractivity contribution < 1.29 is 14.3 Å². The fourth-order valence-corrected chi connectivity index (χ4v) is 3.54. The number of rotatable bonds is 4. The van der Waals surface area contributed by atoms with Gasteiger partial charge in [-0.25, -0.2) is 0 Å². The minimum Gasteiger partial charge on any atom is -0.454 e. The fourth-order valence-electron chi connectivity index (χ4n) is 2.51. The second-order valence-electron chi connectivity index (χ2n) is 5.41. The first-order valence-electron chi connectivity index (χ1n) is 7.57. The molecule has 2 aromatic rings. The molecule has 0 saturated carbocycles. The van der Waals surface area contributed by atoms with E-state index in [-0.39, 0.29) is 18.7 Å². The van der Waals surface area contributed by atoms with Crippen LogP contribution in [0.1, 0.15) is 11.1 Å². The topological polar surface area (TPSA) is 72.8 Å². The van der Waals surface area contributed by atoms with Crippen molar-refractivity contribution >= 4 is 22.7 Å². The number of ether oxygens (including phenoxy) is 2. The molecule has 1 N–H and O–H groups in total. The van der Waals surface area contributed by atoms with Crippen LogP contribution in [0.3, 0.4) is 0 Å². The van der Waals surface area contributed by atoms with Crippen molar-refractivity contribution in [3.05, 3.63) is 53.9 Å². The smallest absolute Gasteiger partial charge is 0.245 e. The maximum absolute atomic E-state index is 12.3. The van der Waals surface area contributed by atoms with Gasteiger partial charge >= 0.3 is 0 Å². The van der Waals surface area contributed by atoms with Crippen molar-refractivity contribution in [1.29, 1.82) is 0 Å². The quantitative estimate of drug-likeness (QED) is 0.921. The van der Waals surface area contributed by atoms with E-state index >= 15 is 0 Å². The van der Waals surface area contributed by atoms with Gasteiger partial charge in [-0.3, -0.25) is 14.8 Å². The zero-order valence-electron chi connectivity index (χ0n) is 12.8. The van der Waals surface area contributed by atoms with Gasteiger partial charge in [-0.2, -0.15) is 0 Å². The second kappa shape index (κ2) is 6.52. The molecule has 2 aliphatic heterocycles. The summed E-state index contributed by atoms with van der Waals surface area (Å²) in [6, 6.07) is 9.11. The minimum atomic E-state index is -0.362. The van der Waals surface area contributed by atoms with Crippen LogP contribution in [0.2, 0.25) is 0 Å². The second-order valence-corrected chi connectivity index (χ2v) is 6.42. The van der Waals surface area contributed by atoms with Gasteiger partial charge in [0, 0.05) is 30.3 Å². The predicted octanol–water partition coefficient (Wildman–Crippen LogP) is 1.99.